The minimum absolute atomic E-state index is 0.00594. The van der Waals surface area contributed by atoms with Crippen molar-refractivity contribution in [1.29, 1.82) is 0 Å². The van der Waals surface area contributed by atoms with Gasteiger partial charge in [-0.15, -0.1) is 0 Å². The van der Waals surface area contributed by atoms with Crippen molar-refractivity contribution in [3.05, 3.63) is 11.6 Å². The maximum absolute atomic E-state index is 14.2. The quantitative estimate of drug-likeness (QED) is 0.720. The molecule has 4 aliphatic carbocycles. The van der Waals surface area contributed by atoms with E-state index in [1.54, 1.807) is 0 Å². The predicted molar refractivity (Wildman–Crippen MR) is 82.0 cm³/mol. The molecular formula is C19H24F2O2. The van der Waals surface area contributed by atoms with Gasteiger partial charge in [-0.3, -0.25) is 9.59 Å². The molecule has 0 heterocycles. The first-order valence-electron chi connectivity index (χ1n) is 8.95. The van der Waals surface area contributed by atoms with Crippen molar-refractivity contribution in [2.24, 2.45) is 28.6 Å². The smallest absolute Gasteiger partial charge is 0.248 e. The summed E-state index contributed by atoms with van der Waals surface area (Å²) in [6, 6.07) is 0. The van der Waals surface area contributed by atoms with Crippen molar-refractivity contribution in [2.45, 2.75) is 64.7 Å². The highest BCUT2D eigenvalue weighted by molar-refractivity contribution is 5.92. The molecular weight excluding hydrogens is 298 g/mol. The van der Waals surface area contributed by atoms with Crippen LogP contribution in [0.1, 0.15) is 58.3 Å². The maximum atomic E-state index is 14.2. The number of carbonyl (C=O) groups is 2. The van der Waals surface area contributed by atoms with Gasteiger partial charge in [-0.05, 0) is 62.4 Å². The molecule has 0 aromatic heterocycles. The van der Waals surface area contributed by atoms with Gasteiger partial charge in [0.15, 0.2) is 5.78 Å². The molecule has 0 unspecified atom stereocenters. The third-order valence-electron chi connectivity index (χ3n) is 7.66. The SMILES string of the molecule is C[C@]12CC[C@H]3[C@@H](CCC4=CC(=O)CC[C@@]43C(F)F)[C@@H]1CCC2=O. The Bertz CT molecular complexity index is 596. The van der Waals surface area contributed by atoms with Crippen molar-refractivity contribution >= 4 is 11.6 Å². The van der Waals surface area contributed by atoms with Crippen LogP contribution in [0.25, 0.3) is 0 Å². The van der Waals surface area contributed by atoms with Crippen LogP contribution in [0.4, 0.5) is 8.78 Å². The molecule has 0 aromatic rings. The van der Waals surface area contributed by atoms with E-state index in [0.29, 0.717) is 37.0 Å². The lowest BCUT2D eigenvalue weighted by atomic mass is 9.47. The van der Waals surface area contributed by atoms with E-state index in [1.807, 2.05) is 0 Å². The van der Waals surface area contributed by atoms with Crippen LogP contribution in [0, 0.1) is 28.6 Å². The molecule has 0 radical (unpaired) electrons. The molecule has 4 heteroatoms. The van der Waals surface area contributed by atoms with Crippen molar-refractivity contribution in [1.82, 2.24) is 0 Å². The Morgan fingerprint density at radius 1 is 1.04 bits per heavy atom. The Labute approximate surface area is 135 Å². The summed E-state index contributed by atoms with van der Waals surface area (Å²) in [5, 5.41) is 0. The van der Waals surface area contributed by atoms with Crippen LogP contribution in [-0.2, 0) is 9.59 Å². The molecule has 5 atom stereocenters. The minimum Gasteiger partial charge on any atom is -0.299 e. The zero-order valence-corrected chi connectivity index (χ0v) is 13.6. The highest BCUT2D eigenvalue weighted by Crippen LogP contribution is 2.65. The van der Waals surface area contributed by atoms with Gasteiger partial charge in [0, 0.05) is 18.3 Å². The highest BCUT2D eigenvalue weighted by atomic mass is 19.3. The first-order valence-corrected chi connectivity index (χ1v) is 8.95. The Hall–Kier alpha value is -1.06. The summed E-state index contributed by atoms with van der Waals surface area (Å²) < 4.78 is 28.5. The van der Waals surface area contributed by atoms with E-state index in [-0.39, 0.29) is 35.4 Å². The molecule has 0 saturated heterocycles. The number of ketones is 2. The van der Waals surface area contributed by atoms with E-state index in [2.05, 4.69) is 6.92 Å². The average Bonchev–Trinajstić information content (AvgIpc) is 2.82. The van der Waals surface area contributed by atoms with Gasteiger partial charge in [-0.1, -0.05) is 12.5 Å². The fourth-order valence-electron chi connectivity index (χ4n) is 6.45. The predicted octanol–water partition coefficient (Wildman–Crippen LogP) is 4.33. The molecule has 0 bridgehead atoms. The summed E-state index contributed by atoms with van der Waals surface area (Å²) in [4.78, 5) is 24.1. The Morgan fingerprint density at radius 2 is 1.83 bits per heavy atom. The Morgan fingerprint density at radius 3 is 2.57 bits per heavy atom. The van der Waals surface area contributed by atoms with Gasteiger partial charge < -0.3 is 0 Å². The third-order valence-corrected chi connectivity index (χ3v) is 7.66. The number of fused-ring (bicyclic) bond motifs is 5. The van der Waals surface area contributed by atoms with E-state index in [4.69, 9.17) is 0 Å². The third kappa shape index (κ3) is 1.90. The van der Waals surface area contributed by atoms with E-state index in [0.717, 1.165) is 19.3 Å². The molecule has 0 amide bonds. The van der Waals surface area contributed by atoms with Crippen molar-refractivity contribution in [3.63, 3.8) is 0 Å². The second-order valence-electron chi connectivity index (χ2n) is 8.31. The van der Waals surface area contributed by atoms with Crippen molar-refractivity contribution in [2.75, 3.05) is 0 Å². The lowest BCUT2D eigenvalue weighted by molar-refractivity contribution is -0.140. The van der Waals surface area contributed by atoms with Crippen LogP contribution >= 0.6 is 0 Å². The summed E-state index contributed by atoms with van der Waals surface area (Å²) >= 11 is 0. The number of hydrogen-bond donors (Lipinski definition) is 0. The summed E-state index contributed by atoms with van der Waals surface area (Å²) in [5.41, 5.74) is -0.669. The lowest BCUT2D eigenvalue weighted by Gasteiger charge is -2.57. The topological polar surface area (TPSA) is 34.1 Å². The standard InChI is InChI=1S/C19H24F2O2/c1-18-8-7-15-13(14(18)4-5-16(18)23)3-2-11-10-12(22)6-9-19(11,15)17(20)21/h10,13-15,17H,2-9H2,1H3/t13-,14-,15-,18-,19+/m0/s1. The van der Waals surface area contributed by atoms with Gasteiger partial charge in [0.1, 0.15) is 5.78 Å². The molecule has 0 aliphatic heterocycles. The van der Waals surface area contributed by atoms with E-state index in [1.165, 1.54) is 6.08 Å². The molecule has 2 nitrogen and oxygen atoms in total. The zero-order valence-electron chi connectivity index (χ0n) is 13.6. The number of alkyl halides is 2. The molecule has 4 rings (SSSR count). The molecule has 3 fully saturated rings. The second kappa shape index (κ2) is 4.97. The normalized spacial score (nSPS) is 46.3. The van der Waals surface area contributed by atoms with E-state index < -0.39 is 11.8 Å². The Kier molecular flexibility index (Phi) is 3.34. The molecule has 23 heavy (non-hydrogen) atoms. The van der Waals surface area contributed by atoms with Crippen molar-refractivity contribution < 1.29 is 18.4 Å². The van der Waals surface area contributed by atoms with Crippen LogP contribution in [-0.4, -0.2) is 18.0 Å². The molecule has 0 spiro atoms. The highest BCUT2D eigenvalue weighted by Gasteiger charge is 2.62. The van der Waals surface area contributed by atoms with Crippen LogP contribution in [0.2, 0.25) is 0 Å². The monoisotopic (exact) mass is 322 g/mol. The van der Waals surface area contributed by atoms with Crippen LogP contribution in [0.15, 0.2) is 11.6 Å². The first-order chi connectivity index (χ1) is 10.9. The molecule has 3 saturated carbocycles. The second-order valence-corrected chi connectivity index (χ2v) is 8.31. The van der Waals surface area contributed by atoms with Gasteiger partial charge in [-0.2, -0.15) is 0 Å². The summed E-state index contributed by atoms with van der Waals surface area (Å²) in [6.45, 7) is 2.06. The van der Waals surface area contributed by atoms with Gasteiger partial charge in [0.25, 0.3) is 0 Å². The Balaban J connectivity index is 1.76. The molecule has 0 aromatic carbocycles. The first kappa shape index (κ1) is 15.5. The van der Waals surface area contributed by atoms with E-state index in [9.17, 15) is 18.4 Å². The summed E-state index contributed by atoms with van der Waals surface area (Å²) in [5.74, 6) is 0.779. The maximum Gasteiger partial charge on any atom is 0.248 e. The molecule has 4 aliphatic rings. The zero-order chi connectivity index (χ0) is 16.4. The molecule has 126 valence electrons. The number of halogens is 2. The van der Waals surface area contributed by atoms with Crippen LogP contribution in [0.5, 0.6) is 0 Å². The minimum atomic E-state index is -2.41. The lowest BCUT2D eigenvalue weighted by Crippen LogP contribution is -2.54. The average molecular weight is 322 g/mol. The van der Waals surface area contributed by atoms with Gasteiger partial charge >= 0.3 is 0 Å². The van der Waals surface area contributed by atoms with E-state index >= 15 is 0 Å². The number of hydrogen-bond acceptors (Lipinski definition) is 2. The van der Waals surface area contributed by atoms with Crippen molar-refractivity contribution in [3.8, 4) is 0 Å². The number of Topliss-reactive ketones (excluding diaryl/α,β-unsaturated/α-hetero) is 1. The summed E-state index contributed by atoms with van der Waals surface area (Å²) in [6.07, 6.45) is 4.08. The number of rotatable bonds is 1. The largest absolute Gasteiger partial charge is 0.299 e. The summed E-state index contributed by atoms with van der Waals surface area (Å²) in [7, 11) is 0. The van der Waals surface area contributed by atoms with Gasteiger partial charge in [-0.25, -0.2) is 8.78 Å². The fraction of sp³-hybridized carbons (Fsp3) is 0.789. The van der Waals surface area contributed by atoms with Crippen LogP contribution in [0.3, 0.4) is 0 Å². The van der Waals surface area contributed by atoms with Gasteiger partial charge in [0.05, 0.1) is 5.41 Å². The van der Waals surface area contributed by atoms with Crippen LogP contribution < -0.4 is 0 Å². The number of carbonyl (C=O) groups excluding carboxylic acids is 2. The fourth-order valence-corrected chi connectivity index (χ4v) is 6.45. The number of allylic oxidation sites excluding steroid dienone is 1. The molecule has 0 N–H and O–H groups in total. The van der Waals surface area contributed by atoms with Gasteiger partial charge in [0.2, 0.25) is 6.43 Å².